The van der Waals surface area contributed by atoms with Crippen LogP contribution >= 0.6 is 23.2 Å². The van der Waals surface area contributed by atoms with Gasteiger partial charge in [-0.25, -0.2) is 8.42 Å². The van der Waals surface area contributed by atoms with E-state index in [9.17, 15) is 31.2 Å². The lowest BCUT2D eigenvalue weighted by atomic mass is 10.1. The second-order valence-electron chi connectivity index (χ2n) is 8.41. The molecule has 0 aromatic heterocycles. The monoisotopic (exact) mass is 567 g/mol. The number of hydrogen-bond acceptors (Lipinski definition) is 4. The molecule has 7 nitrogen and oxygen atoms in total. The van der Waals surface area contributed by atoms with Crippen LogP contribution in [-0.4, -0.2) is 50.0 Å². The second kappa shape index (κ2) is 11.7. The smallest absolute Gasteiger partial charge is 0.352 e. The van der Waals surface area contributed by atoms with Gasteiger partial charge in [-0.05, 0) is 56.7 Å². The molecule has 0 saturated heterocycles. The molecule has 2 rings (SSSR count). The molecule has 0 fully saturated rings. The fraction of sp³-hybridized carbons (Fsp3) is 0.391. The van der Waals surface area contributed by atoms with Crippen molar-refractivity contribution in [1.82, 2.24) is 10.2 Å². The number of anilines is 1. The first-order chi connectivity index (χ1) is 16.5. The lowest BCUT2D eigenvalue weighted by Crippen LogP contribution is -2.52. The van der Waals surface area contributed by atoms with Gasteiger partial charge in [0.1, 0.15) is 12.6 Å². The van der Waals surface area contributed by atoms with Gasteiger partial charge in [0.25, 0.3) is 0 Å². The molecule has 2 aromatic carbocycles. The highest BCUT2D eigenvalue weighted by molar-refractivity contribution is 7.92. The quantitative estimate of drug-likeness (QED) is 0.475. The molecular formula is C23H26Cl2F3N3O4S. The van der Waals surface area contributed by atoms with Gasteiger partial charge in [0.15, 0.2) is 0 Å². The zero-order valence-electron chi connectivity index (χ0n) is 19.9. The molecule has 1 atom stereocenters. The average molecular weight is 568 g/mol. The summed E-state index contributed by atoms with van der Waals surface area (Å²) in [5.41, 5.74) is -0.983. The van der Waals surface area contributed by atoms with Gasteiger partial charge in [0.2, 0.25) is 21.8 Å². The summed E-state index contributed by atoms with van der Waals surface area (Å²) in [4.78, 5) is 27.2. The minimum atomic E-state index is -4.72. The highest BCUT2D eigenvalue weighted by Gasteiger charge is 2.33. The molecule has 36 heavy (non-hydrogen) atoms. The lowest BCUT2D eigenvalue weighted by Gasteiger charge is -2.32. The molecule has 0 radical (unpaired) electrons. The molecule has 198 valence electrons. The Bertz CT molecular complexity index is 1220. The molecule has 0 aliphatic heterocycles. The maximum absolute atomic E-state index is 13.4. The van der Waals surface area contributed by atoms with Crippen LogP contribution in [0.4, 0.5) is 18.9 Å². The van der Waals surface area contributed by atoms with Crippen molar-refractivity contribution < 1.29 is 31.2 Å². The molecule has 0 aliphatic carbocycles. The zero-order chi connectivity index (χ0) is 27.4. The molecular weight excluding hydrogens is 542 g/mol. The van der Waals surface area contributed by atoms with E-state index in [2.05, 4.69) is 5.32 Å². The second-order valence-corrected chi connectivity index (χ2v) is 11.2. The Morgan fingerprint density at radius 2 is 1.69 bits per heavy atom. The van der Waals surface area contributed by atoms with Crippen LogP contribution in [0.3, 0.4) is 0 Å². The number of carbonyl (C=O) groups is 2. The first-order valence-electron chi connectivity index (χ1n) is 10.7. The highest BCUT2D eigenvalue weighted by Crippen LogP contribution is 2.32. The highest BCUT2D eigenvalue weighted by atomic mass is 35.5. The summed E-state index contributed by atoms with van der Waals surface area (Å²) in [6, 6.07) is 6.87. The average Bonchev–Trinajstić information content (AvgIpc) is 2.74. The fourth-order valence-electron chi connectivity index (χ4n) is 3.27. The van der Waals surface area contributed by atoms with Crippen LogP contribution in [0.5, 0.6) is 0 Å². The van der Waals surface area contributed by atoms with Crippen molar-refractivity contribution in [1.29, 1.82) is 0 Å². The van der Waals surface area contributed by atoms with E-state index in [0.29, 0.717) is 21.0 Å². The SMILES string of the molecule is CC(C)NC(=O)[C@H](C)N(Cc1ccc(Cl)cc1Cl)C(=O)CN(c1cccc(C(F)(F)F)c1)S(C)(=O)=O. The standard InChI is InChI=1S/C23H26Cl2F3N3O4S/c1-14(2)29-22(33)15(3)30(12-16-8-9-18(24)11-20(16)25)21(32)13-31(36(4,34)35)19-7-5-6-17(10-19)23(26,27)28/h5-11,14-15H,12-13H2,1-4H3,(H,29,33)/t15-/m0/s1. The number of alkyl halides is 3. The number of rotatable bonds is 9. The Balaban J connectivity index is 2.48. The summed E-state index contributed by atoms with van der Waals surface area (Å²) in [5.74, 6) is -1.33. The van der Waals surface area contributed by atoms with E-state index < -0.39 is 46.2 Å². The van der Waals surface area contributed by atoms with Crippen LogP contribution in [-0.2, 0) is 32.3 Å². The first kappa shape index (κ1) is 29.7. The van der Waals surface area contributed by atoms with Crippen molar-refractivity contribution in [2.75, 3.05) is 17.1 Å². The van der Waals surface area contributed by atoms with E-state index in [4.69, 9.17) is 23.2 Å². The Morgan fingerprint density at radius 1 is 1.06 bits per heavy atom. The zero-order valence-corrected chi connectivity index (χ0v) is 22.3. The van der Waals surface area contributed by atoms with E-state index in [0.717, 1.165) is 29.4 Å². The summed E-state index contributed by atoms with van der Waals surface area (Å²) < 4.78 is 65.2. The molecule has 1 N–H and O–H groups in total. The Hall–Kier alpha value is -2.50. The van der Waals surface area contributed by atoms with Crippen molar-refractivity contribution in [2.24, 2.45) is 0 Å². The third-order valence-corrected chi connectivity index (χ3v) is 6.82. The number of hydrogen-bond donors (Lipinski definition) is 1. The number of carbonyl (C=O) groups excluding carboxylic acids is 2. The number of amides is 2. The molecule has 13 heteroatoms. The maximum atomic E-state index is 13.4. The largest absolute Gasteiger partial charge is 0.416 e. The number of benzene rings is 2. The minimum Gasteiger partial charge on any atom is -0.352 e. The molecule has 0 heterocycles. The molecule has 0 saturated carbocycles. The van der Waals surface area contributed by atoms with Crippen LogP contribution in [0.1, 0.15) is 31.9 Å². The van der Waals surface area contributed by atoms with Crippen molar-refractivity contribution in [3.63, 3.8) is 0 Å². The topological polar surface area (TPSA) is 86.8 Å². The van der Waals surface area contributed by atoms with Gasteiger partial charge in [0, 0.05) is 22.6 Å². The maximum Gasteiger partial charge on any atom is 0.416 e. The van der Waals surface area contributed by atoms with Crippen LogP contribution in [0.15, 0.2) is 42.5 Å². The Morgan fingerprint density at radius 3 is 2.22 bits per heavy atom. The van der Waals surface area contributed by atoms with Crippen molar-refractivity contribution >= 4 is 50.7 Å². The van der Waals surface area contributed by atoms with Gasteiger partial charge in [-0.1, -0.05) is 35.3 Å². The van der Waals surface area contributed by atoms with E-state index >= 15 is 0 Å². The third kappa shape index (κ3) is 8.01. The predicted octanol–water partition coefficient (Wildman–Crippen LogP) is 4.72. The first-order valence-corrected chi connectivity index (χ1v) is 13.3. The summed E-state index contributed by atoms with van der Waals surface area (Å²) in [7, 11) is -4.19. The molecule has 2 aromatic rings. The number of halogens is 5. The summed E-state index contributed by atoms with van der Waals surface area (Å²) >= 11 is 12.2. The van der Waals surface area contributed by atoms with E-state index in [1.165, 1.54) is 19.1 Å². The van der Waals surface area contributed by atoms with Gasteiger partial charge in [-0.3, -0.25) is 13.9 Å². The Labute approximate surface area is 218 Å². The summed E-state index contributed by atoms with van der Waals surface area (Å²) in [6.07, 6.45) is -3.94. The van der Waals surface area contributed by atoms with E-state index in [1.807, 2.05) is 0 Å². The normalized spacial score (nSPS) is 12.8. The molecule has 0 unspecified atom stereocenters. The molecule has 0 aliphatic rings. The summed E-state index contributed by atoms with van der Waals surface area (Å²) in [5, 5.41) is 3.25. The van der Waals surface area contributed by atoms with E-state index in [1.54, 1.807) is 19.9 Å². The number of nitrogens with zero attached hydrogens (tertiary/aromatic N) is 2. The third-order valence-electron chi connectivity index (χ3n) is 5.09. The Kier molecular flexibility index (Phi) is 9.66. The van der Waals surface area contributed by atoms with Gasteiger partial charge in [0.05, 0.1) is 17.5 Å². The molecule has 2 amide bonds. The minimum absolute atomic E-state index is 0.179. The summed E-state index contributed by atoms with van der Waals surface area (Å²) in [6.45, 7) is 3.89. The van der Waals surface area contributed by atoms with Crippen molar-refractivity contribution in [2.45, 2.75) is 45.6 Å². The van der Waals surface area contributed by atoms with Crippen LogP contribution < -0.4 is 9.62 Å². The van der Waals surface area contributed by atoms with Gasteiger partial charge in [-0.2, -0.15) is 13.2 Å². The molecule has 0 spiro atoms. The van der Waals surface area contributed by atoms with Crippen molar-refractivity contribution in [3.05, 3.63) is 63.6 Å². The lowest BCUT2D eigenvalue weighted by molar-refractivity contribution is -0.139. The van der Waals surface area contributed by atoms with E-state index in [-0.39, 0.29) is 23.3 Å². The van der Waals surface area contributed by atoms with Crippen LogP contribution in [0, 0.1) is 0 Å². The number of nitrogens with one attached hydrogen (secondary N) is 1. The van der Waals surface area contributed by atoms with Gasteiger partial charge < -0.3 is 10.2 Å². The van der Waals surface area contributed by atoms with Crippen LogP contribution in [0.25, 0.3) is 0 Å². The van der Waals surface area contributed by atoms with Crippen LogP contribution in [0.2, 0.25) is 10.0 Å². The fourth-order valence-corrected chi connectivity index (χ4v) is 4.58. The predicted molar refractivity (Wildman–Crippen MR) is 133 cm³/mol. The van der Waals surface area contributed by atoms with Gasteiger partial charge in [-0.15, -0.1) is 0 Å². The molecule has 0 bridgehead atoms. The van der Waals surface area contributed by atoms with Crippen molar-refractivity contribution in [3.8, 4) is 0 Å². The van der Waals surface area contributed by atoms with Gasteiger partial charge >= 0.3 is 6.18 Å². The number of sulfonamides is 1.